The zero-order valence-electron chi connectivity index (χ0n) is 11.9. The van der Waals surface area contributed by atoms with Crippen LogP contribution in [0.2, 0.25) is 0 Å². The Morgan fingerprint density at radius 3 is 2.65 bits per heavy atom. The largest absolute Gasteiger partial charge is 0.334 e. The van der Waals surface area contributed by atoms with Gasteiger partial charge in [-0.2, -0.15) is 0 Å². The topological polar surface area (TPSA) is 55.9 Å². The van der Waals surface area contributed by atoms with Crippen LogP contribution in [0.5, 0.6) is 0 Å². The molecule has 4 nitrogen and oxygen atoms in total. The standard InChI is InChI=1S/C16H22N4/c1-2-8-20-9-7-18-16(20)15(19-17)14-10-12-5-3-4-6-13(12)11-14/h3-7,9,14-15,19H,2,8,10-11,17H2,1H3. The van der Waals surface area contributed by atoms with E-state index in [1.165, 1.54) is 11.1 Å². The number of aryl methyl sites for hydroxylation is 1. The molecule has 1 heterocycles. The Labute approximate surface area is 120 Å². The van der Waals surface area contributed by atoms with E-state index in [2.05, 4.69) is 46.2 Å². The molecular formula is C16H22N4. The van der Waals surface area contributed by atoms with Gasteiger partial charge in [0.25, 0.3) is 0 Å². The number of hydrogen-bond acceptors (Lipinski definition) is 3. The van der Waals surface area contributed by atoms with Crippen LogP contribution in [0.3, 0.4) is 0 Å². The lowest BCUT2D eigenvalue weighted by Gasteiger charge is -2.23. The Morgan fingerprint density at radius 2 is 2.05 bits per heavy atom. The van der Waals surface area contributed by atoms with Crippen molar-refractivity contribution in [2.75, 3.05) is 0 Å². The van der Waals surface area contributed by atoms with Crippen LogP contribution in [0.1, 0.15) is 36.3 Å². The van der Waals surface area contributed by atoms with Crippen molar-refractivity contribution in [3.05, 3.63) is 53.6 Å². The molecule has 1 atom stereocenters. The van der Waals surface area contributed by atoms with Crippen molar-refractivity contribution in [2.24, 2.45) is 11.8 Å². The second kappa shape index (κ2) is 5.77. The van der Waals surface area contributed by atoms with Gasteiger partial charge in [-0.05, 0) is 36.3 Å². The third-order valence-corrected chi connectivity index (χ3v) is 4.22. The predicted octanol–water partition coefficient (Wildman–Crippen LogP) is 2.21. The Balaban J connectivity index is 1.83. The SMILES string of the molecule is CCCn1ccnc1C(NN)C1Cc2ccccc2C1. The van der Waals surface area contributed by atoms with Crippen LogP contribution in [0.15, 0.2) is 36.7 Å². The molecule has 0 amide bonds. The van der Waals surface area contributed by atoms with Gasteiger partial charge in [-0.1, -0.05) is 31.2 Å². The minimum Gasteiger partial charge on any atom is -0.334 e. The highest BCUT2D eigenvalue weighted by Crippen LogP contribution is 2.34. The molecule has 0 spiro atoms. The third-order valence-electron chi connectivity index (χ3n) is 4.22. The molecule has 0 fully saturated rings. The zero-order chi connectivity index (χ0) is 13.9. The molecule has 20 heavy (non-hydrogen) atoms. The molecule has 3 rings (SSSR count). The van der Waals surface area contributed by atoms with Crippen LogP contribution in [-0.4, -0.2) is 9.55 Å². The molecule has 0 bridgehead atoms. The normalized spacial score (nSPS) is 16.3. The summed E-state index contributed by atoms with van der Waals surface area (Å²) in [6.45, 7) is 3.17. The van der Waals surface area contributed by atoms with Crippen LogP contribution in [0.4, 0.5) is 0 Å². The average Bonchev–Trinajstić information content (AvgIpc) is 3.07. The number of aromatic nitrogens is 2. The molecule has 2 aromatic rings. The molecule has 1 aromatic heterocycles. The number of nitrogens with two attached hydrogens (primary N) is 1. The molecule has 0 radical (unpaired) electrons. The summed E-state index contributed by atoms with van der Waals surface area (Å²) in [5, 5.41) is 0. The second-order valence-electron chi connectivity index (χ2n) is 5.56. The Bertz CT molecular complexity index is 550. The minimum absolute atomic E-state index is 0.115. The van der Waals surface area contributed by atoms with E-state index in [1.54, 1.807) is 0 Å². The molecule has 3 N–H and O–H groups in total. The van der Waals surface area contributed by atoms with Gasteiger partial charge < -0.3 is 4.57 Å². The van der Waals surface area contributed by atoms with Gasteiger partial charge in [0, 0.05) is 18.9 Å². The van der Waals surface area contributed by atoms with E-state index >= 15 is 0 Å². The maximum atomic E-state index is 5.84. The van der Waals surface area contributed by atoms with Crippen LogP contribution in [-0.2, 0) is 19.4 Å². The first-order valence-corrected chi connectivity index (χ1v) is 7.37. The molecule has 0 saturated carbocycles. The number of hydrogen-bond donors (Lipinski definition) is 2. The molecule has 1 aliphatic carbocycles. The van der Waals surface area contributed by atoms with Gasteiger partial charge >= 0.3 is 0 Å². The summed E-state index contributed by atoms with van der Waals surface area (Å²) in [6, 6.07) is 8.79. The lowest BCUT2D eigenvalue weighted by molar-refractivity contribution is 0.352. The maximum Gasteiger partial charge on any atom is 0.127 e. The molecule has 1 unspecified atom stereocenters. The monoisotopic (exact) mass is 270 g/mol. The molecular weight excluding hydrogens is 248 g/mol. The van der Waals surface area contributed by atoms with Gasteiger partial charge in [-0.3, -0.25) is 5.84 Å². The van der Waals surface area contributed by atoms with Gasteiger partial charge in [0.1, 0.15) is 5.82 Å². The van der Waals surface area contributed by atoms with E-state index in [4.69, 9.17) is 5.84 Å². The van der Waals surface area contributed by atoms with Crippen LogP contribution < -0.4 is 11.3 Å². The van der Waals surface area contributed by atoms with E-state index in [1.807, 2.05) is 12.4 Å². The van der Waals surface area contributed by atoms with Crippen molar-refractivity contribution in [1.82, 2.24) is 15.0 Å². The zero-order valence-corrected chi connectivity index (χ0v) is 11.9. The highest BCUT2D eigenvalue weighted by atomic mass is 15.3. The lowest BCUT2D eigenvalue weighted by atomic mass is 9.96. The van der Waals surface area contributed by atoms with Crippen molar-refractivity contribution in [3.8, 4) is 0 Å². The van der Waals surface area contributed by atoms with E-state index in [9.17, 15) is 0 Å². The molecule has 1 aliphatic rings. The van der Waals surface area contributed by atoms with E-state index in [0.717, 1.165) is 31.6 Å². The van der Waals surface area contributed by atoms with Crippen molar-refractivity contribution >= 4 is 0 Å². The van der Waals surface area contributed by atoms with Crippen LogP contribution in [0, 0.1) is 5.92 Å². The predicted molar refractivity (Wildman–Crippen MR) is 79.9 cm³/mol. The van der Waals surface area contributed by atoms with E-state index in [-0.39, 0.29) is 6.04 Å². The van der Waals surface area contributed by atoms with E-state index < -0.39 is 0 Å². The average molecular weight is 270 g/mol. The fraction of sp³-hybridized carbons (Fsp3) is 0.438. The Kier molecular flexibility index (Phi) is 3.85. The maximum absolute atomic E-state index is 5.84. The van der Waals surface area contributed by atoms with Crippen molar-refractivity contribution in [1.29, 1.82) is 0 Å². The highest BCUT2D eigenvalue weighted by molar-refractivity contribution is 5.33. The summed E-state index contributed by atoms with van der Waals surface area (Å²) < 4.78 is 2.22. The molecule has 4 heteroatoms. The van der Waals surface area contributed by atoms with Crippen LogP contribution in [0.25, 0.3) is 0 Å². The smallest absolute Gasteiger partial charge is 0.127 e. The highest BCUT2D eigenvalue weighted by Gasteiger charge is 2.31. The van der Waals surface area contributed by atoms with Crippen molar-refractivity contribution in [3.63, 3.8) is 0 Å². The summed E-state index contributed by atoms with van der Waals surface area (Å²) >= 11 is 0. The Hall–Kier alpha value is -1.65. The molecule has 0 aliphatic heterocycles. The molecule has 0 saturated heterocycles. The third kappa shape index (κ3) is 2.37. The first-order chi connectivity index (χ1) is 9.83. The fourth-order valence-corrected chi connectivity index (χ4v) is 3.28. The summed E-state index contributed by atoms with van der Waals surface area (Å²) in [7, 11) is 0. The number of benzene rings is 1. The number of nitrogens with zero attached hydrogens (tertiary/aromatic N) is 2. The first kappa shape index (κ1) is 13.3. The summed E-state index contributed by atoms with van der Waals surface area (Å²) in [5.41, 5.74) is 5.90. The van der Waals surface area contributed by atoms with Gasteiger partial charge in [-0.25, -0.2) is 10.4 Å². The number of fused-ring (bicyclic) bond motifs is 1. The van der Waals surface area contributed by atoms with Crippen molar-refractivity contribution < 1.29 is 0 Å². The van der Waals surface area contributed by atoms with E-state index in [0.29, 0.717) is 5.92 Å². The second-order valence-corrected chi connectivity index (χ2v) is 5.56. The van der Waals surface area contributed by atoms with Gasteiger partial charge in [0.05, 0.1) is 6.04 Å². The van der Waals surface area contributed by atoms with Gasteiger partial charge in [0.2, 0.25) is 0 Å². The number of imidazole rings is 1. The summed E-state index contributed by atoms with van der Waals surface area (Å²) in [6.07, 6.45) is 7.17. The van der Waals surface area contributed by atoms with Crippen molar-refractivity contribution in [2.45, 2.75) is 38.8 Å². The summed E-state index contributed by atoms with van der Waals surface area (Å²) in [5.74, 6) is 7.38. The fourth-order valence-electron chi connectivity index (χ4n) is 3.28. The Morgan fingerprint density at radius 1 is 1.35 bits per heavy atom. The van der Waals surface area contributed by atoms with Crippen LogP contribution >= 0.6 is 0 Å². The lowest BCUT2D eigenvalue weighted by Crippen LogP contribution is -2.36. The number of hydrazine groups is 1. The summed E-state index contributed by atoms with van der Waals surface area (Å²) in [4.78, 5) is 4.53. The minimum atomic E-state index is 0.115. The molecule has 1 aromatic carbocycles. The van der Waals surface area contributed by atoms with Gasteiger partial charge in [-0.15, -0.1) is 0 Å². The molecule has 106 valence electrons. The number of nitrogens with one attached hydrogen (secondary N) is 1. The quantitative estimate of drug-likeness (QED) is 0.647. The van der Waals surface area contributed by atoms with Gasteiger partial charge in [0.15, 0.2) is 0 Å². The number of rotatable bonds is 5. The first-order valence-electron chi connectivity index (χ1n) is 7.37.